The fourth-order valence-electron chi connectivity index (χ4n) is 1.21. The number of nitrogens with one attached hydrogen (secondary N) is 1. The molecule has 0 aliphatic heterocycles. The van der Waals surface area contributed by atoms with Crippen LogP contribution in [-0.4, -0.2) is 35.0 Å². The summed E-state index contributed by atoms with van der Waals surface area (Å²) in [4.78, 5) is 21.6. The number of thioether (sulfide) groups is 1. The summed E-state index contributed by atoms with van der Waals surface area (Å²) < 4.78 is 12.6. The fourth-order valence-corrected chi connectivity index (χ4v) is 1.78. The lowest BCUT2D eigenvalue weighted by Gasteiger charge is -2.00. The molecule has 4 nitrogen and oxygen atoms in total. The molecule has 0 spiro atoms. The number of carboxylic acid groups (broad SMARTS) is 1. The number of benzene rings is 1. The highest BCUT2D eigenvalue weighted by Crippen LogP contribution is 2.04. The molecule has 2 N–H and O–H groups in total. The quantitative estimate of drug-likeness (QED) is 0.591. The molecule has 6 heteroatoms. The smallest absolute Gasteiger partial charge is 0.313 e. The minimum absolute atomic E-state index is 0.0291. The summed E-state index contributed by atoms with van der Waals surface area (Å²) in [6.07, 6.45) is 2.94. The van der Waals surface area contributed by atoms with Crippen LogP contribution < -0.4 is 5.32 Å². The van der Waals surface area contributed by atoms with Crippen LogP contribution >= 0.6 is 11.8 Å². The SMILES string of the molecule is O=C(O)CSCCNC(=O)/C=C/c1ccc(F)cc1. The molecule has 0 saturated carbocycles. The second kappa shape index (κ2) is 8.31. The Kier molecular flexibility index (Phi) is 6.67. The number of amides is 1. The first kappa shape index (κ1) is 15.2. The molecule has 0 aliphatic carbocycles. The Morgan fingerprint density at radius 1 is 1.32 bits per heavy atom. The van der Waals surface area contributed by atoms with Crippen molar-refractivity contribution >= 4 is 29.7 Å². The predicted molar refractivity (Wildman–Crippen MR) is 73.4 cm³/mol. The van der Waals surface area contributed by atoms with E-state index in [1.807, 2.05) is 0 Å². The van der Waals surface area contributed by atoms with Crippen molar-refractivity contribution in [1.82, 2.24) is 5.32 Å². The van der Waals surface area contributed by atoms with Gasteiger partial charge in [0, 0.05) is 18.4 Å². The van der Waals surface area contributed by atoms with E-state index in [0.29, 0.717) is 12.3 Å². The van der Waals surface area contributed by atoms with Crippen LogP contribution in [0.1, 0.15) is 5.56 Å². The zero-order valence-corrected chi connectivity index (χ0v) is 11.0. The Hall–Kier alpha value is -1.82. The van der Waals surface area contributed by atoms with Crippen molar-refractivity contribution in [3.05, 3.63) is 41.7 Å². The number of carboxylic acids is 1. The molecule has 0 aliphatic rings. The van der Waals surface area contributed by atoms with Gasteiger partial charge in [-0.1, -0.05) is 12.1 Å². The molecular formula is C13H14FNO3S. The lowest BCUT2D eigenvalue weighted by atomic mass is 10.2. The van der Waals surface area contributed by atoms with Crippen LogP contribution in [0.4, 0.5) is 4.39 Å². The molecule has 1 amide bonds. The third-order valence-corrected chi connectivity index (χ3v) is 3.01. The minimum atomic E-state index is -0.868. The third-order valence-electron chi connectivity index (χ3n) is 2.07. The molecule has 0 atom stereocenters. The van der Waals surface area contributed by atoms with Gasteiger partial charge >= 0.3 is 5.97 Å². The summed E-state index contributed by atoms with van der Waals surface area (Å²) in [5.41, 5.74) is 0.733. The van der Waals surface area contributed by atoms with E-state index >= 15 is 0 Å². The monoisotopic (exact) mass is 283 g/mol. The van der Waals surface area contributed by atoms with E-state index in [1.165, 1.54) is 30.0 Å². The minimum Gasteiger partial charge on any atom is -0.481 e. The van der Waals surface area contributed by atoms with Crippen molar-refractivity contribution in [3.63, 3.8) is 0 Å². The van der Waals surface area contributed by atoms with E-state index < -0.39 is 5.97 Å². The van der Waals surface area contributed by atoms with Crippen molar-refractivity contribution in [3.8, 4) is 0 Å². The Morgan fingerprint density at radius 2 is 2.00 bits per heavy atom. The topological polar surface area (TPSA) is 66.4 Å². The molecule has 0 heterocycles. The molecular weight excluding hydrogens is 269 g/mol. The molecule has 0 bridgehead atoms. The van der Waals surface area contributed by atoms with Gasteiger partial charge in [0.2, 0.25) is 5.91 Å². The number of rotatable bonds is 7. The van der Waals surface area contributed by atoms with Gasteiger partial charge in [0.05, 0.1) is 5.75 Å². The molecule has 1 rings (SSSR count). The molecule has 0 unspecified atom stereocenters. The van der Waals surface area contributed by atoms with Crippen molar-refractivity contribution in [1.29, 1.82) is 0 Å². The van der Waals surface area contributed by atoms with Crippen LogP contribution in [0, 0.1) is 5.82 Å². The molecule has 102 valence electrons. The van der Waals surface area contributed by atoms with Crippen molar-refractivity contribution in [2.75, 3.05) is 18.1 Å². The third kappa shape index (κ3) is 7.25. The average Bonchev–Trinajstić information content (AvgIpc) is 2.37. The maximum absolute atomic E-state index is 12.6. The van der Waals surface area contributed by atoms with Gasteiger partial charge in [-0.3, -0.25) is 9.59 Å². The second-order valence-electron chi connectivity index (χ2n) is 3.62. The van der Waals surface area contributed by atoms with Crippen LogP contribution in [-0.2, 0) is 9.59 Å². The fraction of sp³-hybridized carbons (Fsp3) is 0.231. The summed E-state index contributed by atoms with van der Waals surface area (Å²) in [5, 5.41) is 11.0. The van der Waals surface area contributed by atoms with Crippen LogP contribution in [0.2, 0.25) is 0 Å². The van der Waals surface area contributed by atoms with Gasteiger partial charge < -0.3 is 10.4 Å². The molecule has 0 aromatic heterocycles. The van der Waals surface area contributed by atoms with E-state index in [9.17, 15) is 14.0 Å². The van der Waals surface area contributed by atoms with Crippen molar-refractivity contribution < 1.29 is 19.1 Å². The van der Waals surface area contributed by atoms with Gasteiger partial charge in [0.1, 0.15) is 5.82 Å². The van der Waals surface area contributed by atoms with E-state index in [0.717, 1.165) is 5.56 Å². The highest BCUT2D eigenvalue weighted by atomic mass is 32.2. The molecule has 0 radical (unpaired) electrons. The summed E-state index contributed by atoms with van der Waals surface area (Å²) in [6.45, 7) is 0.407. The van der Waals surface area contributed by atoms with Gasteiger partial charge in [0.25, 0.3) is 0 Å². The van der Waals surface area contributed by atoms with Gasteiger partial charge in [-0.25, -0.2) is 4.39 Å². The molecule has 1 aromatic rings. The summed E-state index contributed by atoms with van der Waals surface area (Å²) in [6, 6.07) is 5.78. The number of hydrogen-bond donors (Lipinski definition) is 2. The number of halogens is 1. The standard InChI is InChI=1S/C13H14FNO3S/c14-11-4-1-10(2-5-11)3-6-12(16)15-7-8-19-9-13(17)18/h1-6H,7-9H2,(H,15,16)(H,17,18)/b6-3+. The summed E-state index contributed by atoms with van der Waals surface area (Å²) in [5.74, 6) is -0.881. The van der Waals surface area contributed by atoms with Crippen LogP contribution in [0.15, 0.2) is 30.3 Å². The maximum Gasteiger partial charge on any atom is 0.313 e. The average molecular weight is 283 g/mol. The molecule has 19 heavy (non-hydrogen) atoms. The van der Waals surface area contributed by atoms with Crippen LogP contribution in [0.25, 0.3) is 6.08 Å². The van der Waals surface area contributed by atoms with E-state index in [-0.39, 0.29) is 17.5 Å². The van der Waals surface area contributed by atoms with Gasteiger partial charge in [-0.2, -0.15) is 0 Å². The van der Waals surface area contributed by atoms with Crippen LogP contribution in [0.3, 0.4) is 0 Å². The number of carbonyl (C=O) groups excluding carboxylic acids is 1. The molecule has 1 aromatic carbocycles. The number of hydrogen-bond acceptors (Lipinski definition) is 3. The first-order valence-electron chi connectivity index (χ1n) is 5.59. The largest absolute Gasteiger partial charge is 0.481 e. The van der Waals surface area contributed by atoms with E-state index in [4.69, 9.17) is 5.11 Å². The molecule has 0 fully saturated rings. The lowest BCUT2D eigenvalue weighted by molar-refractivity contribution is -0.133. The first-order chi connectivity index (χ1) is 9.08. The predicted octanol–water partition coefficient (Wildman–Crippen LogP) is 1.77. The van der Waals surface area contributed by atoms with E-state index in [2.05, 4.69) is 5.32 Å². The molecule has 0 saturated heterocycles. The lowest BCUT2D eigenvalue weighted by Crippen LogP contribution is -2.23. The van der Waals surface area contributed by atoms with Crippen LogP contribution in [0.5, 0.6) is 0 Å². The summed E-state index contributed by atoms with van der Waals surface area (Å²) in [7, 11) is 0. The van der Waals surface area contributed by atoms with E-state index in [1.54, 1.807) is 18.2 Å². The second-order valence-corrected chi connectivity index (χ2v) is 4.73. The Bertz CT molecular complexity index is 459. The highest BCUT2D eigenvalue weighted by molar-refractivity contribution is 7.99. The Labute approximate surface area is 114 Å². The van der Waals surface area contributed by atoms with Gasteiger partial charge in [0.15, 0.2) is 0 Å². The zero-order chi connectivity index (χ0) is 14.1. The van der Waals surface area contributed by atoms with Crippen molar-refractivity contribution in [2.45, 2.75) is 0 Å². The normalized spacial score (nSPS) is 10.6. The van der Waals surface area contributed by atoms with Crippen molar-refractivity contribution in [2.24, 2.45) is 0 Å². The zero-order valence-electron chi connectivity index (χ0n) is 10.1. The first-order valence-corrected chi connectivity index (χ1v) is 6.74. The maximum atomic E-state index is 12.6. The Morgan fingerprint density at radius 3 is 2.63 bits per heavy atom. The van der Waals surface area contributed by atoms with Gasteiger partial charge in [-0.15, -0.1) is 11.8 Å². The Balaban J connectivity index is 2.23. The summed E-state index contributed by atoms with van der Waals surface area (Å²) >= 11 is 1.24. The number of aliphatic carboxylic acids is 1. The highest BCUT2D eigenvalue weighted by Gasteiger charge is 1.98. The van der Waals surface area contributed by atoms with Gasteiger partial charge in [-0.05, 0) is 23.8 Å². The number of carbonyl (C=O) groups is 2.